The fraction of sp³-hybridized carbons (Fsp3) is 0.900. The first-order chi connectivity index (χ1) is 8.27. The number of nitrogens with one attached hydrogen (secondary N) is 1. The summed E-state index contributed by atoms with van der Waals surface area (Å²) in [4.78, 5) is 11.4. The van der Waals surface area contributed by atoms with Gasteiger partial charge in [-0.05, 0) is 31.9 Å². The summed E-state index contributed by atoms with van der Waals surface area (Å²) in [6.07, 6.45) is 3.62. The number of thiol groups is 2. The zero-order chi connectivity index (χ0) is 14.2. The van der Waals surface area contributed by atoms with Gasteiger partial charge in [0.1, 0.15) is 0 Å². The number of amides is 1. The van der Waals surface area contributed by atoms with Crippen molar-refractivity contribution in [1.82, 2.24) is 5.32 Å². The first kappa shape index (κ1) is 22.0. The van der Waals surface area contributed by atoms with Crippen LogP contribution in [0.15, 0.2) is 0 Å². The van der Waals surface area contributed by atoms with Gasteiger partial charge in [-0.25, -0.2) is 0 Å². The van der Waals surface area contributed by atoms with Crippen molar-refractivity contribution in [3.63, 3.8) is 0 Å². The molecule has 1 amide bonds. The molecule has 0 heterocycles. The van der Waals surface area contributed by atoms with E-state index in [4.69, 9.17) is 4.55 Å². The molecule has 19 heavy (non-hydrogen) atoms. The average molecular weight is 381 g/mol. The van der Waals surface area contributed by atoms with Crippen LogP contribution in [0.5, 0.6) is 0 Å². The maximum absolute atomic E-state index is 11.4. The molecule has 0 saturated heterocycles. The van der Waals surface area contributed by atoms with E-state index in [9.17, 15) is 13.2 Å². The van der Waals surface area contributed by atoms with Gasteiger partial charge in [-0.15, -0.1) is 0 Å². The Kier molecular flexibility index (Phi) is 13.2. The molecule has 0 spiro atoms. The van der Waals surface area contributed by atoms with Crippen LogP contribution in [0.1, 0.15) is 39.0 Å². The van der Waals surface area contributed by atoms with Crippen LogP contribution in [0.4, 0.5) is 0 Å². The molecule has 0 aromatic carbocycles. The van der Waals surface area contributed by atoms with Crippen LogP contribution in [-0.4, -0.2) is 35.3 Å². The van der Waals surface area contributed by atoms with Gasteiger partial charge >= 0.3 is 0 Å². The van der Waals surface area contributed by atoms with E-state index >= 15 is 0 Å². The molecule has 0 bridgehead atoms. The molecule has 0 aromatic rings. The molecule has 0 rings (SSSR count). The maximum atomic E-state index is 11.4. The number of hydrogen-bond donors (Lipinski definition) is 4. The zero-order valence-corrected chi connectivity index (χ0v) is 16.7. The molecule has 2 atom stereocenters. The number of unbranched alkanes of at least 4 members (excludes halogenated alkanes) is 1. The molecule has 5 nitrogen and oxygen atoms in total. The normalized spacial score (nSPS) is 14.3. The van der Waals surface area contributed by atoms with Crippen LogP contribution in [0.3, 0.4) is 0 Å². The first-order valence-electron chi connectivity index (χ1n) is 5.82. The predicted octanol–water partition coefficient (Wildman–Crippen LogP) is 1.51. The molecular weight excluding hydrogens is 360 g/mol. The second kappa shape index (κ2) is 11.4. The van der Waals surface area contributed by atoms with Crippen LogP contribution in [0.25, 0.3) is 0 Å². The summed E-state index contributed by atoms with van der Waals surface area (Å²) >= 11 is 8.47. The van der Waals surface area contributed by atoms with Gasteiger partial charge in [0.25, 0.3) is 10.1 Å². The quantitative estimate of drug-likeness (QED) is 0.211. The van der Waals surface area contributed by atoms with E-state index < -0.39 is 15.5 Å². The molecule has 2 unspecified atom stereocenters. The third kappa shape index (κ3) is 12.2. The van der Waals surface area contributed by atoms with Gasteiger partial charge in [0, 0.05) is 31.1 Å². The summed E-state index contributed by atoms with van der Waals surface area (Å²) in [5, 5.41) is 1.26. The van der Waals surface area contributed by atoms with E-state index in [0.29, 0.717) is 11.7 Å². The van der Waals surface area contributed by atoms with Gasteiger partial charge in [-0.3, -0.25) is 9.35 Å². The molecule has 2 N–H and O–H groups in total. The van der Waals surface area contributed by atoms with E-state index in [1.165, 1.54) is 6.92 Å². The number of rotatable bonds is 9. The molecule has 9 heteroatoms. The summed E-state index contributed by atoms with van der Waals surface area (Å²) < 4.78 is 30.0. The van der Waals surface area contributed by atoms with Crippen molar-refractivity contribution in [2.24, 2.45) is 0 Å². The van der Waals surface area contributed by atoms with E-state index in [-0.39, 0.29) is 31.8 Å². The summed E-state index contributed by atoms with van der Waals surface area (Å²) in [5.74, 6) is 0.422. The van der Waals surface area contributed by atoms with Gasteiger partial charge < -0.3 is 5.32 Å². The largest absolute Gasteiger partial charge is 0.338 e. The SMILES string of the molecule is CC(NC(=O)CCCCC(S)CCS)S(=O)(=O)O.[Zn]. The monoisotopic (exact) mass is 379 g/mol. The summed E-state index contributed by atoms with van der Waals surface area (Å²) in [6.45, 7) is 1.23. The molecule has 0 fully saturated rings. The summed E-state index contributed by atoms with van der Waals surface area (Å²) in [5.41, 5.74) is 0. The van der Waals surface area contributed by atoms with Crippen molar-refractivity contribution in [2.45, 2.75) is 49.7 Å². The predicted molar refractivity (Wildman–Crippen MR) is 78.9 cm³/mol. The molecule has 0 aliphatic carbocycles. The molecule has 0 aromatic heterocycles. The molecule has 0 saturated carbocycles. The van der Waals surface area contributed by atoms with E-state index in [0.717, 1.165) is 25.0 Å². The van der Waals surface area contributed by atoms with E-state index in [1.54, 1.807) is 0 Å². The number of carbonyl (C=O) groups excluding carboxylic acids is 1. The Morgan fingerprint density at radius 2 is 1.89 bits per heavy atom. The van der Waals surface area contributed by atoms with Gasteiger partial charge in [0.05, 0.1) is 0 Å². The third-order valence-corrected chi connectivity index (χ3v) is 4.25. The minimum Gasteiger partial charge on any atom is -0.338 e. The second-order valence-corrected chi connectivity index (χ2v) is 7.05. The summed E-state index contributed by atoms with van der Waals surface area (Å²) in [6, 6.07) is 0. The van der Waals surface area contributed by atoms with Crippen LogP contribution < -0.4 is 5.32 Å². The standard InChI is InChI=1S/C10H21NO4S3.Zn/c1-8(18(13,14)15)11-10(12)5-3-2-4-9(17)6-7-16;/h8-9,16-17H,2-7H2,1H3,(H,11,12)(H,13,14,15);. The Morgan fingerprint density at radius 3 is 2.37 bits per heavy atom. The number of hydrogen-bond acceptors (Lipinski definition) is 5. The summed E-state index contributed by atoms with van der Waals surface area (Å²) in [7, 11) is -4.20. The van der Waals surface area contributed by atoms with Crippen LogP contribution in [0.2, 0.25) is 0 Å². The van der Waals surface area contributed by atoms with Crippen molar-refractivity contribution >= 4 is 41.3 Å². The van der Waals surface area contributed by atoms with Gasteiger partial charge in [0.15, 0.2) is 5.37 Å². The third-order valence-electron chi connectivity index (χ3n) is 2.46. The van der Waals surface area contributed by atoms with Crippen molar-refractivity contribution in [3.8, 4) is 0 Å². The van der Waals surface area contributed by atoms with Crippen LogP contribution in [-0.2, 0) is 34.4 Å². The Bertz CT molecular complexity index is 351. The topological polar surface area (TPSA) is 83.5 Å². The molecule has 0 radical (unpaired) electrons. The Hall–Kier alpha value is 0.703. The molecule has 110 valence electrons. The Balaban J connectivity index is 0. The fourth-order valence-corrected chi connectivity index (χ4v) is 2.44. The van der Waals surface area contributed by atoms with Gasteiger partial charge in [-0.1, -0.05) is 6.42 Å². The minimum absolute atomic E-state index is 0. The average Bonchev–Trinajstić information content (AvgIpc) is 2.23. The number of carbonyl (C=O) groups is 1. The minimum atomic E-state index is -4.20. The van der Waals surface area contributed by atoms with Crippen molar-refractivity contribution in [2.75, 3.05) is 5.75 Å². The smallest absolute Gasteiger partial charge is 0.285 e. The Labute approximate surface area is 139 Å². The first-order valence-corrected chi connectivity index (χ1v) is 8.47. The maximum Gasteiger partial charge on any atom is 0.285 e. The Morgan fingerprint density at radius 1 is 1.32 bits per heavy atom. The molecular formula is C10H21NO4S3Zn. The fourth-order valence-electron chi connectivity index (χ4n) is 1.33. The second-order valence-electron chi connectivity index (χ2n) is 4.14. The van der Waals surface area contributed by atoms with Crippen LogP contribution >= 0.6 is 25.3 Å². The van der Waals surface area contributed by atoms with E-state index in [2.05, 4.69) is 30.6 Å². The molecule has 0 aliphatic rings. The van der Waals surface area contributed by atoms with Crippen LogP contribution in [0, 0.1) is 0 Å². The van der Waals surface area contributed by atoms with E-state index in [1.807, 2.05) is 0 Å². The van der Waals surface area contributed by atoms with Crippen molar-refractivity contribution in [1.29, 1.82) is 0 Å². The van der Waals surface area contributed by atoms with Gasteiger partial charge in [-0.2, -0.15) is 33.7 Å². The van der Waals surface area contributed by atoms with Crippen molar-refractivity contribution in [3.05, 3.63) is 0 Å². The molecule has 0 aliphatic heterocycles. The van der Waals surface area contributed by atoms with Crippen molar-refractivity contribution < 1.29 is 37.2 Å². The van der Waals surface area contributed by atoms with Gasteiger partial charge in [0.2, 0.25) is 5.91 Å². The zero-order valence-electron chi connectivity index (χ0n) is 11.1.